The van der Waals surface area contributed by atoms with Crippen molar-refractivity contribution in [2.75, 3.05) is 17.7 Å². The quantitative estimate of drug-likeness (QED) is 0.254. The average molecular weight is 508 g/mol. The van der Waals surface area contributed by atoms with Crippen LogP contribution in [0.3, 0.4) is 0 Å². The molecule has 5 N–H and O–H groups in total. The Hall–Kier alpha value is -5.13. The Morgan fingerprint density at radius 2 is 1.81 bits per heavy atom. The van der Waals surface area contributed by atoms with Gasteiger partial charge in [0.1, 0.15) is 11.6 Å². The number of carboxylic acid groups (broad SMARTS) is 1. The van der Waals surface area contributed by atoms with Crippen molar-refractivity contribution in [1.82, 2.24) is 10.3 Å². The molecule has 0 radical (unpaired) electrons. The lowest BCUT2D eigenvalue weighted by Gasteiger charge is -2.10. The number of carbonyl (C=O) groups excluding carboxylic acids is 3. The molecular weight excluding hydrogens is 487 g/mol. The van der Waals surface area contributed by atoms with Crippen LogP contribution in [0.1, 0.15) is 32.9 Å². The summed E-state index contributed by atoms with van der Waals surface area (Å²) >= 11 is 0. The number of carbonyl (C=O) groups is 4. The number of halogens is 1. The van der Waals surface area contributed by atoms with Crippen LogP contribution in [0, 0.1) is 19.7 Å². The van der Waals surface area contributed by atoms with Gasteiger partial charge in [-0.15, -0.1) is 0 Å². The Balaban J connectivity index is 1.54. The highest BCUT2D eigenvalue weighted by Gasteiger charge is 2.28. The number of amides is 4. The highest BCUT2D eigenvalue weighted by molar-refractivity contribution is 6.35. The van der Waals surface area contributed by atoms with E-state index in [0.717, 1.165) is 6.07 Å². The van der Waals surface area contributed by atoms with Gasteiger partial charge in [-0.1, -0.05) is 0 Å². The number of nitrogens with one attached hydrogen (secondary N) is 4. The van der Waals surface area contributed by atoms with E-state index in [4.69, 9.17) is 14.6 Å². The standard InChI is InChI=1S/C25H21FN4O7/c1-11-18(27-12(2)21(11)37-25(34)35)9-16-15-8-17(26)20(10-19(15)28-23(16)32)29-24(33)30-22(31)13-4-6-14(36-3)7-5-13/h4-10,27H,1-3H3,(H,28,32)(H,34,35)(H2,29,30,31,33)/b16-9-. The van der Waals surface area contributed by atoms with E-state index in [1.54, 1.807) is 26.0 Å². The molecule has 0 atom stereocenters. The molecule has 4 amide bonds. The number of aryl methyl sites for hydroxylation is 1. The summed E-state index contributed by atoms with van der Waals surface area (Å²) in [6, 6.07) is 7.36. The monoisotopic (exact) mass is 508 g/mol. The number of ether oxygens (including phenoxy) is 2. The molecule has 0 unspecified atom stereocenters. The van der Waals surface area contributed by atoms with Crippen molar-refractivity contribution in [2.24, 2.45) is 0 Å². The lowest BCUT2D eigenvalue weighted by Crippen LogP contribution is -2.34. The van der Waals surface area contributed by atoms with Crippen molar-refractivity contribution in [3.05, 3.63) is 70.3 Å². The Bertz CT molecular complexity index is 1480. The number of urea groups is 1. The van der Waals surface area contributed by atoms with Crippen molar-refractivity contribution in [1.29, 1.82) is 0 Å². The van der Waals surface area contributed by atoms with Crippen LogP contribution in [0.2, 0.25) is 0 Å². The van der Waals surface area contributed by atoms with E-state index in [2.05, 4.69) is 20.9 Å². The van der Waals surface area contributed by atoms with Crippen molar-refractivity contribution < 1.29 is 38.1 Å². The van der Waals surface area contributed by atoms with Gasteiger partial charge in [0.2, 0.25) is 0 Å². The summed E-state index contributed by atoms with van der Waals surface area (Å²) in [6.45, 7) is 3.22. The molecule has 2 aromatic carbocycles. The number of H-pyrrole nitrogens is 1. The van der Waals surface area contributed by atoms with E-state index < -0.39 is 29.8 Å². The second kappa shape index (κ2) is 9.85. The first kappa shape index (κ1) is 25.0. The first-order valence-electron chi connectivity index (χ1n) is 10.8. The normalized spacial score (nSPS) is 13.1. The van der Waals surface area contributed by atoms with Gasteiger partial charge < -0.3 is 30.2 Å². The first-order chi connectivity index (χ1) is 17.6. The fourth-order valence-electron chi connectivity index (χ4n) is 3.81. The van der Waals surface area contributed by atoms with Crippen LogP contribution in [0.25, 0.3) is 11.6 Å². The summed E-state index contributed by atoms with van der Waals surface area (Å²) in [4.78, 5) is 51.1. The van der Waals surface area contributed by atoms with Gasteiger partial charge in [0.25, 0.3) is 11.8 Å². The van der Waals surface area contributed by atoms with E-state index >= 15 is 0 Å². The minimum absolute atomic E-state index is 0.110. The number of hydrogen-bond acceptors (Lipinski definition) is 6. The maximum Gasteiger partial charge on any atom is 0.511 e. The average Bonchev–Trinajstić information content (AvgIpc) is 3.28. The number of imide groups is 1. The maximum absolute atomic E-state index is 14.9. The van der Waals surface area contributed by atoms with Gasteiger partial charge in [-0.25, -0.2) is 14.0 Å². The zero-order valence-electron chi connectivity index (χ0n) is 19.8. The molecule has 37 heavy (non-hydrogen) atoms. The highest BCUT2D eigenvalue weighted by atomic mass is 19.1. The molecule has 0 aliphatic carbocycles. The zero-order chi connectivity index (χ0) is 26.9. The number of aromatic amines is 1. The lowest BCUT2D eigenvalue weighted by atomic mass is 10.0. The van der Waals surface area contributed by atoms with Gasteiger partial charge in [0.15, 0.2) is 5.75 Å². The predicted molar refractivity (Wildman–Crippen MR) is 131 cm³/mol. The molecule has 0 saturated heterocycles. The van der Waals surface area contributed by atoms with Crippen molar-refractivity contribution in [3.8, 4) is 11.5 Å². The molecular formula is C25H21FN4O7. The number of methoxy groups -OCH3 is 1. The molecule has 12 heteroatoms. The van der Waals surface area contributed by atoms with Crippen molar-refractivity contribution in [2.45, 2.75) is 13.8 Å². The Morgan fingerprint density at radius 1 is 1.11 bits per heavy atom. The summed E-state index contributed by atoms with van der Waals surface area (Å²) < 4.78 is 24.7. The molecule has 0 fully saturated rings. The third kappa shape index (κ3) is 5.12. The number of fused-ring (bicyclic) bond motifs is 1. The summed E-state index contributed by atoms with van der Waals surface area (Å²) in [5.74, 6) is -1.44. The van der Waals surface area contributed by atoms with Crippen LogP contribution in [0.4, 0.5) is 25.4 Å². The number of anilines is 2. The lowest BCUT2D eigenvalue weighted by molar-refractivity contribution is -0.110. The second-order valence-corrected chi connectivity index (χ2v) is 8.01. The van der Waals surface area contributed by atoms with Gasteiger partial charge in [-0.3, -0.25) is 14.9 Å². The van der Waals surface area contributed by atoms with Gasteiger partial charge in [0, 0.05) is 22.4 Å². The summed E-state index contributed by atoms with van der Waals surface area (Å²) in [5, 5.41) is 15.9. The minimum Gasteiger partial charge on any atom is -0.497 e. The maximum atomic E-state index is 14.9. The van der Waals surface area contributed by atoms with Crippen LogP contribution in [-0.2, 0) is 4.79 Å². The number of aromatic nitrogens is 1. The van der Waals surface area contributed by atoms with Gasteiger partial charge in [-0.05, 0) is 56.3 Å². The van der Waals surface area contributed by atoms with E-state index in [1.807, 2.05) is 0 Å². The molecule has 11 nitrogen and oxygen atoms in total. The van der Waals surface area contributed by atoms with Crippen molar-refractivity contribution in [3.63, 3.8) is 0 Å². The molecule has 3 aromatic rings. The number of rotatable bonds is 5. The fourth-order valence-corrected chi connectivity index (χ4v) is 3.81. The van der Waals surface area contributed by atoms with Crippen LogP contribution in [-0.4, -0.2) is 41.2 Å². The van der Waals surface area contributed by atoms with Gasteiger partial charge >= 0.3 is 12.2 Å². The molecule has 0 saturated carbocycles. The topological polar surface area (TPSA) is 159 Å². The van der Waals surface area contributed by atoms with E-state index in [9.17, 15) is 23.6 Å². The molecule has 1 aliphatic heterocycles. The highest BCUT2D eigenvalue weighted by Crippen LogP contribution is 2.38. The van der Waals surface area contributed by atoms with Gasteiger partial charge in [-0.2, -0.15) is 0 Å². The third-order valence-electron chi connectivity index (χ3n) is 5.60. The Labute approximate surface area is 209 Å². The molecule has 190 valence electrons. The molecule has 2 heterocycles. The second-order valence-electron chi connectivity index (χ2n) is 8.01. The SMILES string of the molecule is COc1ccc(C(=O)NC(=O)Nc2cc3c(cc2F)/C(=C/c2[nH]c(C)c(OC(=O)O)c2C)C(=O)N3)cc1. The predicted octanol–water partition coefficient (Wildman–Crippen LogP) is 4.29. The Morgan fingerprint density at radius 3 is 2.46 bits per heavy atom. The van der Waals surface area contributed by atoms with E-state index in [1.165, 1.54) is 31.4 Å². The Kier molecular flexibility index (Phi) is 6.65. The smallest absolute Gasteiger partial charge is 0.497 e. The molecule has 0 bridgehead atoms. The fraction of sp³-hybridized carbons (Fsp3) is 0.120. The summed E-state index contributed by atoms with van der Waals surface area (Å²) in [7, 11) is 1.48. The van der Waals surface area contributed by atoms with Gasteiger partial charge in [0.05, 0.1) is 29.8 Å². The zero-order valence-corrected chi connectivity index (χ0v) is 19.8. The van der Waals surface area contributed by atoms with Crippen LogP contribution in [0.5, 0.6) is 11.5 Å². The molecule has 0 spiro atoms. The molecule has 4 rings (SSSR count). The van der Waals surface area contributed by atoms with Crippen LogP contribution >= 0.6 is 0 Å². The number of hydrogen-bond donors (Lipinski definition) is 5. The molecule has 1 aliphatic rings. The third-order valence-corrected chi connectivity index (χ3v) is 5.60. The first-order valence-corrected chi connectivity index (χ1v) is 10.8. The van der Waals surface area contributed by atoms with Crippen LogP contribution in [0.15, 0.2) is 36.4 Å². The largest absolute Gasteiger partial charge is 0.511 e. The van der Waals surface area contributed by atoms with E-state index in [-0.39, 0.29) is 33.8 Å². The van der Waals surface area contributed by atoms with E-state index in [0.29, 0.717) is 22.7 Å². The van der Waals surface area contributed by atoms with Crippen molar-refractivity contribution >= 4 is 47.0 Å². The minimum atomic E-state index is -1.48. The van der Waals surface area contributed by atoms with Crippen LogP contribution < -0.4 is 25.4 Å². The summed E-state index contributed by atoms with van der Waals surface area (Å²) in [5.41, 5.74) is 1.81. The number of benzene rings is 2. The summed E-state index contributed by atoms with van der Waals surface area (Å²) in [6.07, 6.45) is -0.0319. The molecule has 1 aromatic heterocycles.